The summed E-state index contributed by atoms with van der Waals surface area (Å²) >= 11 is 6.27. The van der Waals surface area contributed by atoms with Gasteiger partial charge in [-0.3, -0.25) is 4.98 Å². The normalized spacial score (nSPS) is 15.1. The van der Waals surface area contributed by atoms with Gasteiger partial charge >= 0.3 is 0 Å². The van der Waals surface area contributed by atoms with E-state index in [9.17, 15) is 0 Å². The van der Waals surface area contributed by atoms with Crippen molar-refractivity contribution in [2.24, 2.45) is 5.73 Å². The number of benzene rings is 1. The maximum atomic E-state index is 6.27. The van der Waals surface area contributed by atoms with Crippen LogP contribution in [0.3, 0.4) is 0 Å². The Morgan fingerprint density at radius 3 is 2.42 bits per heavy atom. The van der Waals surface area contributed by atoms with E-state index in [2.05, 4.69) is 4.98 Å². The van der Waals surface area contributed by atoms with Gasteiger partial charge in [0.2, 0.25) is 0 Å². The summed E-state index contributed by atoms with van der Waals surface area (Å²) in [5.74, 6) is 1.36. The molecule has 1 unspecified atom stereocenters. The Labute approximate surface area is 116 Å². The maximum absolute atomic E-state index is 6.27. The average molecular weight is 277 g/mol. The standard InChI is InChI=1S/C14H13ClN2O2/c15-11-8-13-12(18-5-6-19-13)7-10(11)14(16)9-1-3-17-4-2-9/h1-4,7-8,14H,5-6,16H2. The van der Waals surface area contributed by atoms with E-state index in [0.717, 1.165) is 11.1 Å². The van der Waals surface area contributed by atoms with Crippen LogP contribution in [-0.2, 0) is 0 Å². The fourth-order valence-corrected chi connectivity index (χ4v) is 2.34. The molecule has 1 aliphatic rings. The van der Waals surface area contributed by atoms with Crippen LogP contribution in [0.15, 0.2) is 36.7 Å². The number of pyridine rings is 1. The van der Waals surface area contributed by atoms with Gasteiger partial charge in [0.15, 0.2) is 11.5 Å². The first kappa shape index (κ1) is 12.3. The molecule has 2 aromatic rings. The van der Waals surface area contributed by atoms with Gasteiger partial charge < -0.3 is 15.2 Å². The van der Waals surface area contributed by atoms with Crippen LogP contribution in [-0.4, -0.2) is 18.2 Å². The molecule has 1 aromatic heterocycles. The van der Waals surface area contributed by atoms with Crippen molar-refractivity contribution in [3.63, 3.8) is 0 Å². The Bertz CT molecular complexity index is 589. The molecule has 98 valence electrons. The first-order chi connectivity index (χ1) is 9.25. The van der Waals surface area contributed by atoms with Gasteiger partial charge in [-0.1, -0.05) is 11.6 Å². The minimum Gasteiger partial charge on any atom is -0.486 e. The Balaban J connectivity index is 2.01. The largest absolute Gasteiger partial charge is 0.486 e. The van der Waals surface area contributed by atoms with Crippen molar-refractivity contribution in [1.29, 1.82) is 0 Å². The first-order valence-electron chi connectivity index (χ1n) is 6.00. The van der Waals surface area contributed by atoms with E-state index in [1.807, 2.05) is 18.2 Å². The lowest BCUT2D eigenvalue weighted by Crippen LogP contribution is -2.17. The predicted octanol–water partition coefficient (Wildman–Crippen LogP) is 2.55. The molecule has 0 amide bonds. The number of hydrogen-bond donors (Lipinski definition) is 1. The van der Waals surface area contributed by atoms with Crippen molar-refractivity contribution >= 4 is 11.6 Å². The van der Waals surface area contributed by atoms with Crippen molar-refractivity contribution in [3.8, 4) is 11.5 Å². The van der Waals surface area contributed by atoms with Crippen molar-refractivity contribution in [2.75, 3.05) is 13.2 Å². The zero-order chi connectivity index (χ0) is 13.2. The zero-order valence-corrected chi connectivity index (χ0v) is 10.9. The van der Waals surface area contributed by atoms with Crippen LogP contribution < -0.4 is 15.2 Å². The van der Waals surface area contributed by atoms with Crippen LogP contribution in [0.25, 0.3) is 0 Å². The monoisotopic (exact) mass is 276 g/mol. The number of hydrogen-bond acceptors (Lipinski definition) is 4. The fourth-order valence-electron chi connectivity index (χ4n) is 2.07. The quantitative estimate of drug-likeness (QED) is 0.916. The lowest BCUT2D eigenvalue weighted by Gasteiger charge is -2.22. The van der Waals surface area contributed by atoms with Crippen LogP contribution in [0.1, 0.15) is 17.2 Å². The Morgan fingerprint density at radius 2 is 1.74 bits per heavy atom. The highest BCUT2D eigenvalue weighted by atomic mass is 35.5. The van der Waals surface area contributed by atoms with Crippen LogP contribution in [0.4, 0.5) is 0 Å². The molecular formula is C14H13ClN2O2. The lowest BCUT2D eigenvalue weighted by atomic mass is 10.00. The molecule has 19 heavy (non-hydrogen) atoms. The SMILES string of the molecule is NC(c1ccncc1)c1cc2c(cc1Cl)OCCO2. The molecule has 1 aliphatic heterocycles. The van der Waals surface area contributed by atoms with Gasteiger partial charge in [-0.05, 0) is 29.3 Å². The van der Waals surface area contributed by atoms with Gasteiger partial charge in [-0.25, -0.2) is 0 Å². The molecule has 1 atom stereocenters. The highest BCUT2D eigenvalue weighted by molar-refractivity contribution is 6.31. The summed E-state index contributed by atoms with van der Waals surface area (Å²) in [6, 6.07) is 7.04. The summed E-state index contributed by atoms with van der Waals surface area (Å²) in [6.07, 6.45) is 3.42. The third-order valence-electron chi connectivity index (χ3n) is 3.06. The van der Waals surface area contributed by atoms with Crippen molar-refractivity contribution < 1.29 is 9.47 Å². The number of fused-ring (bicyclic) bond motifs is 1. The van der Waals surface area contributed by atoms with Crippen molar-refractivity contribution in [3.05, 3.63) is 52.8 Å². The Kier molecular flexibility index (Phi) is 3.27. The third-order valence-corrected chi connectivity index (χ3v) is 3.39. The summed E-state index contributed by atoms with van der Waals surface area (Å²) < 4.78 is 11.0. The number of halogens is 1. The highest BCUT2D eigenvalue weighted by Gasteiger charge is 2.19. The van der Waals surface area contributed by atoms with Gasteiger partial charge in [0.25, 0.3) is 0 Å². The topological polar surface area (TPSA) is 57.4 Å². The molecule has 5 heteroatoms. The van der Waals surface area contributed by atoms with Crippen LogP contribution in [0.5, 0.6) is 11.5 Å². The molecule has 2 heterocycles. The molecule has 0 aliphatic carbocycles. The molecule has 0 saturated carbocycles. The molecule has 0 radical (unpaired) electrons. The number of nitrogens with two attached hydrogens (primary N) is 1. The summed E-state index contributed by atoms with van der Waals surface area (Å²) in [5, 5.41) is 0.577. The Hall–Kier alpha value is -1.78. The van der Waals surface area contributed by atoms with Crippen LogP contribution >= 0.6 is 11.6 Å². The lowest BCUT2D eigenvalue weighted by molar-refractivity contribution is 0.171. The molecule has 3 rings (SSSR count). The first-order valence-corrected chi connectivity index (χ1v) is 6.38. The molecule has 1 aromatic carbocycles. The van der Waals surface area contributed by atoms with E-state index < -0.39 is 0 Å². The van der Waals surface area contributed by atoms with E-state index >= 15 is 0 Å². The summed E-state index contributed by atoms with van der Waals surface area (Å²) in [5.41, 5.74) is 8.01. The molecular weight excluding hydrogens is 264 g/mol. The van der Waals surface area contributed by atoms with Gasteiger partial charge in [-0.15, -0.1) is 0 Å². The molecule has 2 N–H and O–H groups in total. The minimum atomic E-state index is -0.314. The zero-order valence-electron chi connectivity index (χ0n) is 10.2. The van der Waals surface area contributed by atoms with Gasteiger partial charge in [0.1, 0.15) is 13.2 Å². The van der Waals surface area contributed by atoms with Gasteiger partial charge in [0, 0.05) is 23.5 Å². The highest BCUT2D eigenvalue weighted by Crippen LogP contribution is 2.38. The summed E-state index contributed by atoms with van der Waals surface area (Å²) in [7, 11) is 0. The van der Waals surface area contributed by atoms with Crippen LogP contribution in [0.2, 0.25) is 5.02 Å². The van der Waals surface area contributed by atoms with Crippen molar-refractivity contribution in [2.45, 2.75) is 6.04 Å². The summed E-state index contributed by atoms with van der Waals surface area (Å²) in [6.45, 7) is 1.08. The second kappa shape index (κ2) is 5.07. The second-order valence-corrected chi connectivity index (χ2v) is 4.68. The minimum absolute atomic E-state index is 0.314. The van der Waals surface area contributed by atoms with E-state index in [1.165, 1.54) is 0 Å². The van der Waals surface area contributed by atoms with Gasteiger partial charge in [-0.2, -0.15) is 0 Å². The smallest absolute Gasteiger partial charge is 0.162 e. The molecule has 0 spiro atoms. The van der Waals surface area contributed by atoms with E-state index in [4.69, 9.17) is 26.8 Å². The third kappa shape index (κ3) is 2.37. The summed E-state index contributed by atoms with van der Waals surface area (Å²) in [4.78, 5) is 3.98. The maximum Gasteiger partial charge on any atom is 0.162 e. The van der Waals surface area contributed by atoms with E-state index in [0.29, 0.717) is 29.7 Å². The number of ether oxygens (including phenoxy) is 2. The number of rotatable bonds is 2. The van der Waals surface area contributed by atoms with Gasteiger partial charge in [0.05, 0.1) is 6.04 Å². The molecule has 0 fully saturated rings. The fraction of sp³-hybridized carbons (Fsp3) is 0.214. The van der Waals surface area contributed by atoms with Crippen molar-refractivity contribution in [1.82, 2.24) is 4.98 Å². The average Bonchev–Trinajstić information content (AvgIpc) is 2.47. The van der Waals surface area contributed by atoms with Crippen LogP contribution in [0, 0.1) is 0 Å². The number of aromatic nitrogens is 1. The van der Waals surface area contributed by atoms with E-state index in [-0.39, 0.29) is 6.04 Å². The van der Waals surface area contributed by atoms with E-state index in [1.54, 1.807) is 18.5 Å². The molecule has 0 saturated heterocycles. The second-order valence-electron chi connectivity index (χ2n) is 4.28. The Morgan fingerprint density at radius 1 is 1.11 bits per heavy atom. The molecule has 0 bridgehead atoms. The predicted molar refractivity (Wildman–Crippen MR) is 72.7 cm³/mol. The number of nitrogens with zero attached hydrogens (tertiary/aromatic N) is 1. The molecule has 4 nitrogen and oxygen atoms in total.